The molecule has 138 valence electrons. The van der Waals surface area contributed by atoms with Crippen LogP contribution in [0.15, 0.2) is 51.5 Å². The van der Waals surface area contributed by atoms with Gasteiger partial charge in [0.1, 0.15) is 5.75 Å². The number of ether oxygens (including phenoxy) is 1. The number of halogens is 2. The van der Waals surface area contributed by atoms with Gasteiger partial charge < -0.3 is 14.2 Å². The molecule has 0 aliphatic carbocycles. The van der Waals surface area contributed by atoms with Gasteiger partial charge in [-0.1, -0.05) is 32.7 Å². The first kappa shape index (κ1) is 18.0. The Hall–Kier alpha value is -2.38. The predicted molar refractivity (Wildman–Crippen MR) is 105 cm³/mol. The molecule has 2 heterocycles. The Morgan fingerprint density at radius 1 is 1.26 bits per heavy atom. The number of carbonyl (C=O) groups is 1. The standard InChI is InChI=1S/C19H15BrClN3O3/c1-26-16-7-6-14(21)9-15(16)24-10-12(8-17(24)25)19-22-18(23-27-19)11-2-4-13(20)5-3-11/h2-7,9,12H,8,10H2,1H3. The fourth-order valence-electron chi connectivity index (χ4n) is 3.10. The molecular formula is C19H15BrClN3O3. The van der Waals surface area contributed by atoms with Crippen LogP contribution in [0.1, 0.15) is 18.2 Å². The Morgan fingerprint density at radius 2 is 2.04 bits per heavy atom. The fraction of sp³-hybridized carbons (Fsp3) is 0.211. The first-order valence-electron chi connectivity index (χ1n) is 8.28. The summed E-state index contributed by atoms with van der Waals surface area (Å²) in [5.41, 5.74) is 1.50. The van der Waals surface area contributed by atoms with Crippen LogP contribution in [0.5, 0.6) is 5.75 Å². The lowest BCUT2D eigenvalue weighted by Crippen LogP contribution is -2.24. The van der Waals surface area contributed by atoms with E-state index in [1.54, 1.807) is 30.2 Å². The van der Waals surface area contributed by atoms with Crippen LogP contribution < -0.4 is 9.64 Å². The third-order valence-electron chi connectivity index (χ3n) is 4.45. The van der Waals surface area contributed by atoms with Gasteiger partial charge in [0.25, 0.3) is 0 Å². The maximum atomic E-state index is 12.6. The highest BCUT2D eigenvalue weighted by molar-refractivity contribution is 9.10. The molecule has 1 unspecified atom stereocenters. The number of methoxy groups -OCH3 is 1. The van der Waals surface area contributed by atoms with Gasteiger partial charge in [0, 0.05) is 28.0 Å². The van der Waals surface area contributed by atoms with Crippen LogP contribution in [0, 0.1) is 0 Å². The number of benzene rings is 2. The van der Waals surface area contributed by atoms with Crippen LogP contribution in [0.25, 0.3) is 11.4 Å². The molecule has 1 saturated heterocycles. The summed E-state index contributed by atoms with van der Waals surface area (Å²) in [6.07, 6.45) is 0.289. The molecule has 1 atom stereocenters. The van der Waals surface area contributed by atoms with E-state index in [1.165, 1.54) is 0 Å². The fourth-order valence-corrected chi connectivity index (χ4v) is 3.53. The Balaban J connectivity index is 1.58. The lowest BCUT2D eigenvalue weighted by molar-refractivity contribution is -0.117. The highest BCUT2D eigenvalue weighted by atomic mass is 79.9. The molecule has 0 radical (unpaired) electrons. The van der Waals surface area contributed by atoms with Crippen molar-refractivity contribution in [3.63, 3.8) is 0 Å². The molecule has 6 nitrogen and oxygen atoms in total. The second-order valence-electron chi connectivity index (χ2n) is 6.18. The summed E-state index contributed by atoms with van der Waals surface area (Å²) in [5.74, 6) is 1.32. The van der Waals surface area contributed by atoms with Crippen LogP contribution in [0.2, 0.25) is 5.02 Å². The average Bonchev–Trinajstić information content (AvgIpc) is 3.29. The molecule has 8 heteroatoms. The number of hydrogen-bond donors (Lipinski definition) is 0. The molecule has 2 aromatic carbocycles. The summed E-state index contributed by atoms with van der Waals surface area (Å²) >= 11 is 9.50. The third-order valence-corrected chi connectivity index (χ3v) is 5.21. The van der Waals surface area contributed by atoms with E-state index in [9.17, 15) is 4.79 Å². The second kappa shape index (κ2) is 7.32. The zero-order valence-electron chi connectivity index (χ0n) is 14.4. The van der Waals surface area contributed by atoms with Crippen LogP contribution in [-0.4, -0.2) is 29.7 Å². The predicted octanol–water partition coefficient (Wildman–Crippen LogP) is 4.68. The number of aromatic nitrogens is 2. The second-order valence-corrected chi connectivity index (χ2v) is 7.54. The lowest BCUT2D eigenvalue weighted by atomic mass is 10.1. The van der Waals surface area contributed by atoms with Crippen molar-refractivity contribution in [2.75, 3.05) is 18.6 Å². The van der Waals surface area contributed by atoms with Crippen LogP contribution >= 0.6 is 27.5 Å². The number of nitrogens with zero attached hydrogens (tertiary/aromatic N) is 3. The van der Waals surface area contributed by atoms with E-state index in [-0.39, 0.29) is 18.2 Å². The molecule has 3 aromatic rings. The summed E-state index contributed by atoms with van der Waals surface area (Å²) < 4.78 is 11.8. The van der Waals surface area contributed by atoms with Crippen molar-refractivity contribution in [2.45, 2.75) is 12.3 Å². The average molecular weight is 449 g/mol. The SMILES string of the molecule is COc1ccc(Cl)cc1N1CC(c2nc(-c3ccc(Br)cc3)no2)CC1=O. The Kier molecular flexibility index (Phi) is 4.88. The van der Waals surface area contributed by atoms with E-state index in [0.29, 0.717) is 34.7 Å². The number of carbonyl (C=O) groups excluding carboxylic acids is 1. The Bertz CT molecular complexity index is 990. The molecular weight excluding hydrogens is 434 g/mol. The summed E-state index contributed by atoms with van der Waals surface area (Å²) in [5, 5.41) is 4.59. The lowest BCUT2D eigenvalue weighted by Gasteiger charge is -2.19. The highest BCUT2D eigenvalue weighted by Gasteiger charge is 2.36. The smallest absolute Gasteiger partial charge is 0.232 e. The molecule has 1 amide bonds. The van der Waals surface area contributed by atoms with Gasteiger partial charge in [-0.2, -0.15) is 4.98 Å². The largest absolute Gasteiger partial charge is 0.495 e. The monoisotopic (exact) mass is 447 g/mol. The topological polar surface area (TPSA) is 68.5 Å². The molecule has 27 heavy (non-hydrogen) atoms. The quantitative estimate of drug-likeness (QED) is 0.579. The number of rotatable bonds is 4. The van der Waals surface area contributed by atoms with Gasteiger partial charge in [0.05, 0.1) is 18.7 Å². The zero-order chi connectivity index (χ0) is 19.0. The van der Waals surface area contributed by atoms with Crippen LogP contribution in [-0.2, 0) is 4.79 Å². The van der Waals surface area contributed by atoms with Crippen molar-refractivity contribution >= 4 is 39.1 Å². The van der Waals surface area contributed by atoms with Crippen LogP contribution in [0.3, 0.4) is 0 Å². The van der Waals surface area contributed by atoms with E-state index in [1.807, 2.05) is 24.3 Å². The molecule has 0 spiro atoms. The van der Waals surface area contributed by atoms with Gasteiger partial charge in [-0.3, -0.25) is 4.79 Å². The van der Waals surface area contributed by atoms with Crippen LogP contribution in [0.4, 0.5) is 5.69 Å². The van der Waals surface area contributed by atoms with Crippen molar-refractivity contribution in [1.29, 1.82) is 0 Å². The molecule has 1 aromatic heterocycles. The van der Waals surface area contributed by atoms with Gasteiger partial charge in [-0.15, -0.1) is 0 Å². The van der Waals surface area contributed by atoms with E-state index < -0.39 is 0 Å². The van der Waals surface area contributed by atoms with E-state index in [0.717, 1.165) is 10.0 Å². The minimum Gasteiger partial charge on any atom is -0.495 e. The molecule has 1 aliphatic rings. The zero-order valence-corrected chi connectivity index (χ0v) is 16.7. The van der Waals surface area contributed by atoms with Crippen molar-refractivity contribution in [3.05, 3.63) is 57.9 Å². The van der Waals surface area contributed by atoms with E-state index in [4.69, 9.17) is 20.9 Å². The van der Waals surface area contributed by atoms with Crippen molar-refractivity contribution in [2.24, 2.45) is 0 Å². The number of hydrogen-bond acceptors (Lipinski definition) is 5. The van der Waals surface area contributed by atoms with Gasteiger partial charge >= 0.3 is 0 Å². The summed E-state index contributed by atoms with van der Waals surface area (Å²) in [4.78, 5) is 18.7. The van der Waals surface area contributed by atoms with Gasteiger partial charge in [-0.05, 0) is 42.5 Å². The summed E-state index contributed by atoms with van der Waals surface area (Å²) in [6, 6.07) is 12.8. The molecule has 0 bridgehead atoms. The Morgan fingerprint density at radius 3 is 2.78 bits per heavy atom. The Labute approximate surface area is 169 Å². The van der Waals surface area contributed by atoms with Crippen molar-refractivity contribution in [1.82, 2.24) is 10.1 Å². The normalized spacial score (nSPS) is 16.8. The summed E-state index contributed by atoms with van der Waals surface area (Å²) in [7, 11) is 1.56. The molecule has 0 N–H and O–H groups in total. The van der Waals surface area contributed by atoms with Gasteiger partial charge in [0.15, 0.2) is 0 Å². The first-order chi connectivity index (χ1) is 13.0. The maximum absolute atomic E-state index is 12.6. The molecule has 0 saturated carbocycles. The van der Waals surface area contributed by atoms with Crippen molar-refractivity contribution in [3.8, 4) is 17.1 Å². The molecule has 4 rings (SSSR count). The van der Waals surface area contributed by atoms with E-state index in [2.05, 4.69) is 26.1 Å². The minimum atomic E-state index is -0.183. The first-order valence-corrected chi connectivity index (χ1v) is 9.45. The number of anilines is 1. The maximum Gasteiger partial charge on any atom is 0.232 e. The summed E-state index contributed by atoms with van der Waals surface area (Å²) in [6.45, 7) is 0.428. The highest BCUT2D eigenvalue weighted by Crippen LogP contribution is 2.38. The van der Waals surface area contributed by atoms with E-state index >= 15 is 0 Å². The minimum absolute atomic E-state index is 0.0380. The number of amides is 1. The van der Waals surface area contributed by atoms with Crippen molar-refractivity contribution < 1.29 is 14.1 Å². The molecule has 1 fully saturated rings. The van der Waals surface area contributed by atoms with Gasteiger partial charge in [-0.25, -0.2) is 0 Å². The van der Waals surface area contributed by atoms with Gasteiger partial charge in [0.2, 0.25) is 17.6 Å². The molecule has 1 aliphatic heterocycles. The third kappa shape index (κ3) is 3.57.